The van der Waals surface area contributed by atoms with Crippen LogP contribution in [0.4, 0.5) is 0 Å². The molecule has 0 radical (unpaired) electrons. The van der Waals surface area contributed by atoms with Crippen LogP contribution in [0.5, 0.6) is 0 Å². The minimum Gasteiger partial charge on any atom is -0.412 e. The fourth-order valence-corrected chi connectivity index (χ4v) is 1.45. The van der Waals surface area contributed by atoms with E-state index >= 15 is 0 Å². The predicted molar refractivity (Wildman–Crippen MR) is 109 cm³/mol. The standard InChI is InChI=1S/C5H10N4O.C5H8N2O2.C5H11NO.H4N2.H2O/c1-3(2)4-7-8-5(10)9(4)6;1-3(2)4-6-7-5(8)9-4;1-4(2)5(7)3-6;1-2;/h3H,6H2,1-2H3,(H,8,10);3H,1-2H3,(H,7,8);4H,3,6H2,1-2H3;1-2H2;1H2. The number of hydrogen-bond donors (Lipinski definition) is 6. The molecule has 12 N–H and O–H groups in total. The van der Waals surface area contributed by atoms with E-state index < -0.39 is 5.76 Å². The van der Waals surface area contributed by atoms with Crippen molar-refractivity contribution in [2.45, 2.75) is 53.4 Å². The number of nitrogens with two attached hydrogens (primary N) is 4. The first-order valence-corrected chi connectivity index (χ1v) is 8.55. The number of nitrogens with zero attached hydrogens (tertiary/aromatic N) is 3. The van der Waals surface area contributed by atoms with Gasteiger partial charge in [0.1, 0.15) is 5.78 Å². The van der Waals surface area contributed by atoms with Crippen LogP contribution < -0.4 is 34.7 Å². The van der Waals surface area contributed by atoms with Gasteiger partial charge in [-0.25, -0.2) is 19.8 Å². The molecule has 2 heterocycles. The molecule has 0 aliphatic heterocycles. The van der Waals surface area contributed by atoms with Crippen LogP contribution in [0.3, 0.4) is 0 Å². The number of aromatic amines is 2. The van der Waals surface area contributed by atoms with Crippen LogP contribution in [0.1, 0.15) is 65.1 Å². The van der Waals surface area contributed by atoms with Gasteiger partial charge in [0, 0.05) is 17.8 Å². The average Bonchev–Trinajstić information content (AvgIpc) is 3.23. The highest BCUT2D eigenvalue weighted by Gasteiger charge is 2.07. The largest absolute Gasteiger partial charge is 0.434 e. The number of hydrogen-bond acceptors (Lipinski definition) is 10. The van der Waals surface area contributed by atoms with Gasteiger partial charge in [-0.2, -0.15) is 9.77 Å². The lowest BCUT2D eigenvalue weighted by molar-refractivity contribution is -0.120. The topological polar surface area (TPSA) is 262 Å². The molecule has 0 bridgehead atoms. The van der Waals surface area contributed by atoms with E-state index in [2.05, 4.69) is 36.5 Å². The fourth-order valence-electron chi connectivity index (χ4n) is 1.45. The van der Waals surface area contributed by atoms with Gasteiger partial charge in [0.05, 0.1) is 6.54 Å². The summed E-state index contributed by atoms with van der Waals surface area (Å²) in [6, 6.07) is 0. The minimum atomic E-state index is -0.487. The van der Waals surface area contributed by atoms with Gasteiger partial charge in [0.2, 0.25) is 5.89 Å². The second-order valence-corrected chi connectivity index (χ2v) is 6.34. The molecule has 29 heavy (non-hydrogen) atoms. The number of nitrogen functional groups attached to an aromatic ring is 1. The maximum atomic E-state index is 10.7. The zero-order valence-electron chi connectivity index (χ0n) is 17.7. The number of rotatable bonds is 4. The third-order valence-electron chi connectivity index (χ3n) is 3.04. The summed E-state index contributed by atoms with van der Waals surface area (Å²) in [5.41, 5.74) is 4.65. The molecule has 0 aliphatic rings. The van der Waals surface area contributed by atoms with Gasteiger partial charge in [0.25, 0.3) is 0 Å². The van der Waals surface area contributed by atoms with E-state index in [0.717, 1.165) is 4.68 Å². The summed E-state index contributed by atoms with van der Waals surface area (Å²) in [5.74, 6) is 14.4. The lowest BCUT2D eigenvalue weighted by Gasteiger charge is -1.99. The van der Waals surface area contributed by atoms with Crippen LogP contribution >= 0.6 is 0 Å². The van der Waals surface area contributed by atoms with Crippen molar-refractivity contribution in [1.82, 2.24) is 25.1 Å². The van der Waals surface area contributed by atoms with Crippen LogP contribution in [0.25, 0.3) is 0 Å². The number of aromatic nitrogens is 5. The maximum Gasteiger partial charge on any atom is 0.434 e. The van der Waals surface area contributed by atoms with E-state index in [4.69, 9.17) is 11.6 Å². The highest BCUT2D eigenvalue weighted by atomic mass is 16.4. The highest BCUT2D eigenvalue weighted by molar-refractivity contribution is 5.81. The third-order valence-corrected chi connectivity index (χ3v) is 3.04. The number of hydrazine groups is 1. The first-order valence-electron chi connectivity index (χ1n) is 8.55. The molecule has 0 aromatic carbocycles. The van der Waals surface area contributed by atoms with Crippen molar-refractivity contribution in [2.24, 2.45) is 23.3 Å². The Morgan fingerprint density at radius 2 is 1.55 bits per heavy atom. The molecule has 2 aromatic rings. The first-order chi connectivity index (χ1) is 13.0. The van der Waals surface area contributed by atoms with Crippen LogP contribution in [0.2, 0.25) is 0 Å². The third kappa shape index (κ3) is 12.3. The first kappa shape index (κ1) is 30.9. The van der Waals surface area contributed by atoms with Crippen LogP contribution in [-0.2, 0) is 4.79 Å². The van der Waals surface area contributed by atoms with Gasteiger partial charge in [-0.15, -0.1) is 5.10 Å². The molecule has 2 rings (SSSR count). The number of ketones is 1. The normalized spacial score (nSPS) is 9.52. The number of Topliss-reactive ketones (excluding diaryl/α,β-unsaturated/α-hetero) is 1. The van der Waals surface area contributed by atoms with Gasteiger partial charge < -0.3 is 21.5 Å². The summed E-state index contributed by atoms with van der Waals surface area (Å²) < 4.78 is 5.64. The summed E-state index contributed by atoms with van der Waals surface area (Å²) in [6.07, 6.45) is 0. The van der Waals surface area contributed by atoms with Crippen LogP contribution in [0.15, 0.2) is 14.0 Å². The Bertz CT molecular complexity index is 773. The smallest absolute Gasteiger partial charge is 0.412 e. The summed E-state index contributed by atoms with van der Waals surface area (Å²) in [7, 11) is 0. The molecule has 0 amide bonds. The van der Waals surface area contributed by atoms with Crippen molar-refractivity contribution in [1.29, 1.82) is 0 Å². The molecule has 0 saturated heterocycles. The molecular weight excluding hydrogens is 386 g/mol. The Morgan fingerprint density at radius 1 is 1.03 bits per heavy atom. The SMILES string of the molecule is CC(C)C(=O)CN.CC(C)c1n[nH]c(=O)n1N.CC(C)c1n[nH]c(=O)o1.NN.O. The number of carbonyl (C=O) groups excluding carboxylic acids is 1. The van der Waals surface area contributed by atoms with E-state index in [1.807, 2.05) is 41.5 Å². The van der Waals surface area contributed by atoms with Crippen molar-refractivity contribution in [3.8, 4) is 0 Å². The van der Waals surface area contributed by atoms with Crippen molar-refractivity contribution in [3.05, 3.63) is 32.8 Å². The quantitative estimate of drug-likeness (QED) is 0.235. The molecule has 0 atom stereocenters. The van der Waals surface area contributed by atoms with E-state index in [0.29, 0.717) is 11.7 Å². The second kappa shape index (κ2) is 16.2. The monoisotopic (exact) mass is 421 g/mol. The Kier molecular flexibility index (Phi) is 17.2. The predicted octanol–water partition coefficient (Wildman–Crippen LogP) is -1.94. The molecule has 14 heteroatoms. The fraction of sp³-hybridized carbons (Fsp3) is 0.667. The molecule has 0 saturated carbocycles. The summed E-state index contributed by atoms with van der Waals surface area (Å²) in [5, 5.41) is 11.8. The molecule has 14 nitrogen and oxygen atoms in total. The summed E-state index contributed by atoms with van der Waals surface area (Å²) in [6.45, 7) is 11.5. The molecule has 0 spiro atoms. The van der Waals surface area contributed by atoms with Gasteiger partial charge >= 0.3 is 11.4 Å². The molecule has 0 aliphatic carbocycles. The molecule has 170 valence electrons. The van der Waals surface area contributed by atoms with E-state index in [9.17, 15) is 14.4 Å². The van der Waals surface area contributed by atoms with E-state index in [1.54, 1.807) is 0 Å². The molecular formula is C15H35N9O5. The second-order valence-electron chi connectivity index (χ2n) is 6.34. The lowest BCUT2D eigenvalue weighted by Crippen LogP contribution is -2.26. The van der Waals surface area contributed by atoms with Gasteiger partial charge in [-0.05, 0) is 0 Å². The van der Waals surface area contributed by atoms with Crippen molar-refractivity contribution >= 4 is 5.78 Å². The van der Waals surface area contributed by atoms with Crippen LogP contribution in [-0.4, -0.2) is 42.9 Å². The zero-order valence-corrected chi connectivity index (χ0v) is 17.7. The van der Waals surface area contributed by atoms with Gasteiger partial charge in [-0.1, -0.05) is 41.5 Å². The lowest BCUT2D eigenvalue weighted by atomic mass is 10.1. The Morgan fingerprint density at radius 3 is 1.69 bits per heavy atom. The van der Waals surface area contributed by atoms with E-state index in [1.165, 1.54) is 0 Å². The van der Waals surface area contributed by atoms with E-state index in [-0.39, 0.29) is 41.2 Å². The molecule has 0 fully saturated rings. The van der Waals surface area contributed by atoms with Crippen LogP contribution in [0, 0.1) is 5.92 Å². The van der Waals surface area contributed by atoms with Gasteiger partial charge in [0.15, 0.2) is 5.82 Å². The number of carbonyl (C=O) groups is 1. The molecule has 0 unspecified atom stereocenters. The number of H-pyrrole nitrogens is 2. The number of nitrogens with one attached hydrogen (secondary N) is 2. The molecule has 2 aromatic heterocycles. The maximum absolute atomic E-state index is 10.7. The zero-order chi connectivity index (χ0) is 22.4. The van der Waals surface area contributed by atoms with Crippen molar-refractivity contribution < 1.29 is 14.7 Å². The Labute approximate surface area is 168 Å². The summed E-state index contributed by atoms with van der Waals surface area (Å²) in [4.78, 5) is 31.4. The van der Waals surface area contributed by atoms with Gasteiger partial charge in [-0.3, -0.25) is 16.5 Å². The Hall–Kier alpha value is -2.81. The minimum absolute atomic E-state index is 0. The average molecular weight is 422 g/mol. The van der Waals surface area contributed by atoms with Crippen molar-refractivity contribution in [2.75, 3.05) is 12.4 Å². The summed E-state index contributed by atoms with van der Waals surface area (Å²) >= 11 is 0. The van der Waals surface area contributed by atoms with Crippen molar-refractivity contribution in [3.63, 3.8) is 0 Å². The highest BCUT2D eigenvalue weighted by Crippen LogP contribution is 2.06. The Balaban J connectivity index is -0.000000334.